The first-order valence-corrected chi connectivity index (χ1v) is 3.50. The van der Waals surface area contributed by atoms with E-state index in [4.69, 9.17) is 0 Å². The summed E-state index contributed by atoms with van der Waals surface area (Å²) in [6.45, 7) is 5.79. The Morgan fingerprint density at radius 2 is 2.40 bits per heavy atom. The average molecular weight is 131 g/mol. The second-order valence-corrected chi connectivity index (χ2v) is 2.20. The smallest absolute Gasteiger partial charge is 0.0143 e. The van der Waals surface area contributed by atoms with Crippen LogP contribution in [0, 0.1) is 6.07 Å². The molecule has 10 heavy (non-hydrogen) atoms. The van der Waals surface area contributed by atoms with Crippen molar-refractivity contribution in [2.75, 3.05) is 0 Å². The van der Waals surface area contributed by atoms with E-state index in [1.54, 1.807) is 0 Å². The first-order chi connectivity index (χ1) is 4.86. The van der Waals surface area contributed by atoms with E-state index in [1.165, 1.54) is 5.56 Å². The van der Waals surface area contributed by atoms with E-state index in [0.717, 1.165) is 12.0 Å². The third-order valence-electron chi connectivity index (χ3n) is 1.52. The van der Waals surface area contributed by atoms with Crippen LogP contribution in [-0.4, -0.2) is 0 Å². The van der Waals surface area contributed by atoms with Gasteiger partial charge in [-0.15, -0.1) is 0 Å². The Kier molecular flexibility index (Phi) is 2.27. The van der Waals surface area contributed by atoms with Crippen LogP contribution in [0.3, 0.4) is 0 Å². The minimum atomic E-state index is 1.05. The van der Waals surface area contributed by atoms with Crippen LogP contribution in [0.2, 0.25) is 0 Å². The third kappa shape index (κ3) is 1.47. The van der Waals surface area contributed by atoms with E-state index in [0.29, 0.717) is 0 Å². The highest BCUT2D eigenvalue weighted by Crippen LogP contribution is 2.04. The molecule has 1 rings (SSSR count). The lowest BCUT2D eigenvalue weighted by molar-refractivity contribution is 1.14. The zero-order chi connectivity index (χ0) is 7.40. The largest absolute Gasteiger partial charge is 0.0985 e. The van der Waals surface area contributed by atoms with Crippen LogP contribution in [0.1, 0.15) is 18.1 Å². The van der Waals surface area contributed by atoms with Crippen LogP contribution in [0.4, 0.5) is 0 Å². The van der Waals surface area contributed by atoms with Gasteiger partial charge in [0, 0.05) is 0 Å². The predicted octanol–water partition coefficient (Wildman–Crippen LogP) is 2.69. The Hall–Kier alpha value is -1.04. The number of rotatable bonds is 2. The van der Waals surface area contributed by atoms with E-state index < -0.39 is 0 Å². The molecule has 1 aromatic carbocycles. The topological polar surface area (TPSA) is 0 Å². The lowest BCUT2D eigenvalue weighted by Gasteiger charge is -1.94. The molecule has 0 nitrogen and oxygen atoms in total. The number of hydrogen-bond donors (Lipinski definition) is 0. The maximum Gasteiger partial charge on any atom is -0.0143 e. The van der Waals surface area contributed by atoms with Crippen molar-refractivity contribution in [3.63, 3.8) is 0 Å². The Morgan fingerprint density at radius 1 is 1.60 bits per heavy atom. The van der Waals surface area contributed by atoms with Gasteiger partial charge in [0.25, 0.3) is 0 Å². The van der Waals surface area contributed by atoms with E-state index in [9.17, 15) is 0 Å². The van der Waals surface area contributed by atoms with Crippen molar-refractivity contribution in [2.45, 2.75) is 13.3 Å². The van der Waals surface area contributed by atoms with Crippen molar-refractivity contribution < 1.29 is 0 Å². The van der Waals surface area contributed by atoms with Crippen LogP contribution < -0.4 is 0 Å². The van der Waals surface area contributed by atoms with Gasteiger partial charge >= 0.3 is 0 Å². The molecule has 0 bridgehead atoms. The van der Waals surface area contributed by atoms with E-state index in [2.05, 4.69) is 31.7 Å². The molecule has 0 amide bonds. The standard InChI is InChI=1S/C10H11/c1-3-9-5-7-10(4-2)8-6-9/h3,5-7H,1,4H2,2H3. The van der Waals surface area contributed by atoms with Gasteiger partial charge in [0.05, 0.1) is 0 Å². The second kappa shape index (κ2) is 3.21. The fraction of sp³-hybridized carbons (Fsp3) is 0.200. The first-order valence-electron chi connectivity index (χ1n) is 3.50. The zero-order valence-electron chi connectivity index (χ0n) is 6.22. The molecule has 0 unspecified atom stereocenters. The SMILES string of the molecule is C=Cc1c[c]c(CC)cc1. The zero-order valence-corrected chi connectivity index (χ0v) is 6.22. The van der Waals surface area contributed by atoms with E-state index >= 15 is 0 Å². The van der Waals surface area contributed by atoms with Gasteiger partial charge in [0.1, 0.15) is 0 Å². The molecule has 0 atom stereocenters. The van der Waals surface area contributed by atoms with Gasteiger partial charge in [0.2, 0.25) is 0 Å². The lowest BCUT2D eigenvalue weighted by atomic mass is 10.1. The van der Waals surface area contributed by atoms with Gasteiger partial charge in [-0.1, -0.05) is 31.7 Å². The summed E-state index contributed by atoms with van der Waals surface area (Å²) in [6.07, 6.45) is 2.88. The van der Waals surface area contributed by atoms with Crippen molar-refractivity contribution >= 4 is 6.08 Å². The van der Waals surface area contributed by atoms with Crippen LogP contribution >= 0.6 is 0 Å². The fourth-order valence-electron chi connectivity index (χ4n) is 0.816. The summed E-state index contributed by atoms with van der Waals surface area (Å²) in [5.74, 6) is 0. The Bertz CT molecular complexity index is 206. The lowest BCUT2D eigenvalue weighted by Crippen LogP contribution is -1.78. The molecule has 0 aliphatic carbocycles. The highest BCUT2D eigenvalue weighted by atomic mass is 13.9. The first kappa shape index (κ1) is 7.07. The van der Waals surface area contributed by atoms with Gasteiger partial charge in [-0.2, -0.15) is 0 Å². The van der Waals surface area contributed by atoms with Gasteiger partial charge < -0.3 is 0 Å². The summed E-state index contributed by atoms with van der Waals surface area (Å²) in [4.78, 5) is 0. The Balaban J connectivity index is 2.90. The number of aryl methyl sites for hydroxylation is 1. The molecular weight excluding hydrogens is 120 g/mol. The average Bonchev–Trinajstić information content (AvgIpc) is 2.05. The molecule has 0 aliphatic rings. The van der Waals surface area contributed by atoms with Gasteiger partial charge in [0.15, 0.2) is 0 Å². The van der Waals surface area contributed by atoms with Crippen LogP contribution in [0.25, 0.3) is 6.08 Å². The molecule has 0 saturated heterocycles. The molecule has 0 aromatic heterocycles. The molecule has 0 N–H and O–H groups in total. The van der Waals surface area contributed by atoms with Crippen molar-refractivity contribution in [1.82, 2.24) is 0 Å². The molecule has 51 valence electrons. The second-order valence-electron chi connectivity index (χ2n) is 2.20. The van der Waals surface area contributed by atoms with Crippen molar-refractivity contribution in [3.05, 3.63) is 42.0 Å². The van der Waals surface area contributed by atoms with E-state index in [1.807, 2.05) is 12.1 Å². The van der Waals surface area contributed by atoms with Crippen LogP contribution in [-0.2, 0) is 6.42 Å². The summed E-state index contributed by atoms with van der Waals surface area (Å²) in [5, 5.41) is 0. The van der Waals surface area contributed by atoms with Gasteiger partial charge in [-0.05, 0) is 29.7 Å². The minimum absolute atomic E-state index is 1.05. The quantitative estimate of drug-likeness (QED) is 0.579. The molecule has 0 heteroatoms. The highest BCUT2D eigenvalue weighted by molar-refractivity contribution is 5.46. The minimum Gasteiger partial charge on any atom is -0.0985 e. The van der Waals surface area contributed by atoms with Gasteiger partial charge in [-0.3, -0.25) is 0 Å². The monoisotopic (exact) mass is 131 g/mol. The van der Waals surface area contributed by atoms with Crippen LogP contribution in [0.15, 0.2) is 24.8 Å². The maximum absolute atomic E-state index is 3.67. The summed E-state index contributed by atoms with van der Waals surface area (Å²) in [5.41, 5.74) is 2.39. The molecule has 0 aliphatic heterocycles. The molecular formula is C10H11. The van der Waals surface area contributed by atoms with Crippen LogP contribution in [0.5, 0.6) is 0 Å². The predicted molar refractivity (Wildman–Crippen MR) is 44.7 cm³/mol. The fourth-order valence-corrected chi connectivity index (χ4v) is 0.816. The summed E-state index contributed by atoms with van der Waals surface area (Å²) < 4.78 is 0. The number of hydrogen-bond acceptors (Lipinski definition) is 0. The normalized spacial score (nSPS) is 9.30. The molecule has 0 saturated carbocycles. The maximum atomic E-state index is 3.67. The van der Waals surface area contributed by atoms with Gasteiger partial charge in [-0.25, -0.2) is 0 Å². The molecule has 1 aromatic rings. The summed E-state index contributed by atoms with van der Waals surface area (Å²) >= 11 is 0. The van der Waals surface area contributed by atoms with E-state index in [-0.39, 0.29) is 0 Å². The van der Waals surface area contributed by atoms with Crippen molar-refractivity contribution in [1.29, 1.82) is 0 Å². The molecule has 0 spiro atoms. The third-order valence-corrected chi connectivity index (χ3v) is 1.52. The molecule has 0 fully saturated rings. The molecule has 1 radical (unpaired) electrons. The van der Waals surface area contributed by atoms with Crippen molar-refractivity contribution in [3.8, 4) is 0 Å². The summed E-state index contributed by atoms with van der Waals surface area (Å²) in [6, 6.07) is 9.27. The summed E-state index contributed by atoms with van der Waals surface area (Å²) in [7, 11) is 0. The number of benzene rings is 1. The Morgan fingerprint density at radius 3 is 2.80 bits per heavy atom. The van der Waals surface area contributed by atoms with Crippen molar-refractivity contribution in [2.24, 2.45) is 0 Å². The Labute approximate surface area is 62.2 Å². The molecule has 0 heterocycles. The highest BCUT2D eigenvalue weighted by Gasteiger charge is 1.87.